The van der Waals surface area contributed by atoms with Crippen molar-refractivity contribution < 1.29 is 18.0 Å². The van der Waals surface area contributed by atoms with Crippen molar-refractivity contribution in [3.8, 4) is 11.4 Å². The van der Waals surface area contributed by atoms with E-state index in [1.165, 1.54) is 6.20 Å². The summed E-state index contributed by atoms with van der Waals surface area (Å²) in [6.07, 6.45) is 7.29. The predicted octanol–water partition coefficient (Wildman–Crippen LogP) is 1.13. The molecule has 2 amide bonds. The van der Waals surface area contributed by atoms with E-state index in [4.69, 9.17) is 0 Å². The van der Waals surface area contributed by atoms with Crippen molar-refractivity contribution in [1.29, 1.82) is 0 Å². The molecule has 0 bridgehead atoms. The molecular formula is C21H25N5O4S. The highest BCUT2D eigenvalue weighted by molar-refractivity contribution is 7.90. The number of hydrogen-bond acceptors (Lipinski definition) is 7. The lowest BCUT2D eigenvalue weighted by molar-refractivity contribution is -0.136. The fourth-order valence-electron chi connectivity index (χ4n) is 4.26. The van der Waals surface area contributed by atoms with Crippen molar-refractivity contribution in [3.63, 3.8) is 0 Å². The van der Waals surface area contributed by atoms with E-state index in [2.05, 4.69) is 15.0 Å². The number of likely N-dealkylation sites (tertiary alicyclic amines) is 2. The van der Waals surface area contributed by atoms with Gasteiger partial charge in [-0.05, 0) is 25.0 Å². The molecule has 4 rings (SSSR count). The Hall–Kier alpha value is -2.88. The summed E-state index contributed by atoms with van der Waals surface area (Å²) in [5, 5.41) is 0. The number of hydrogen-bond donors (Lipinski definition) is 0. The Morgan fingerprint density at radius 2 is 1.84 bits per heavy atom. The molecule has 31 heavy (non-hydrogen) atoms. The van der Waals surface area contributed by atoms with Crippen molar-refractivity contribution in [3.05, 3.63) is 36.4 Å². The summed E-state index contributed by atoms with van der Waals surface area (Å²) in [4.78, 5) is 41.0. The van der Waals surface area contributed by atoms with Crippen molar-refractivity contribution in [1.82, 2.24) is 24.8 Å². The Kier molecular flexibility index (Phi) is 5.74. The molecular weight excluding hydrogens is 418 g/mol. The number of piperidine rings is 1. The Bertz CT molecular complexity index is 1100. The minimum atomic E-state index is -3.50. The highest BCUT2D eigenvalue weighted by Crippen LogP contribution is 2.33. The zero-order valence-electron chi connectivity index (χ0n) is 17.6. The van der Waals surface area contributed by atoms with Gasteiger partial charge in [0, 0.05) is 69.4 Å². The molecule has 10 heteroatoms. The molecule has 0 aromatic carbocycles. The van der Waals surface area contributed by atoms with Crippen LogP contribution in [-0.4, -0.2) is 77.9 Å². The number of rotatable bonds is 4. The molecule has 2 aliphatic rings. The van der Waals surface area contributed by atoms with Gasteiger partial charge in [-0.1, -0.05) is 0 Å². The quantitative estimate of drug-likeness (QED) is 0.696. The zero-order valence-corrected chi connectivity index (χ0v) is 18.4. The number of amides is 2. The highest BCUT2D eigenvalue weighted by atomic mass is 32.2. The molecule has 0 spiro atoms. The minimum Gasteiger partial charge on any atom is -0.345 e. The van der Waals surface area contributed by atoms with Gasteiger partial charge in [0.1, 0.15) is 4.90 Å². The first-order valence-corrected chi connectivity index (χ1v) is 12.1. The third-order valence-electron chi connectivity index (χ3n) is 6.00. The molecule has 0 unspecified atom stereocenters. The van der Waals surface area contributed by atoms with Crippen molar-refractivity contribution in [2.75, 3.05) is 32.9 Å². The van der Waals surface area contributed by atoms with E-state index in [0.717, 1.165) is 11.8 Å². The van der Waals surface area contributed by atoms with Crippen LogP contribution in [0.15, 0.2) is 35.6 Å². The molecule has 4 heterocycles. The highest BCUT2D eigenvalue weighted by Gasteiger charge is 2.37. The first-order valence-electron chi connectivity index (χ1n) is 10.2. The van der Waals surface area contributed by atoms with Crippen LogP contribution >= 0.6 is 0 Å². The van der Waals surface area contributed by atoms with Crippen molar-refractivity contribution in [2.45, 2.75) is 30.1 Å². The summed E-state index contributed by atoms with van der Waals surface area (Å²) in [5.74, 6) is 0.0642. The van der Waals surface area contributed by atoms with Crippen LogP contribution < -0.4 is 0 Å². The Labute approximate surface area is 181 Å². The van der Waals surface area contributed by atoms with Gasteiger partial charge in [0.2, 0.25) is 11.8 Å². The van der Waals surface area contributed by atoms with Gasteiger partial charge >= 0.3 is 0 Å². The van der Waals surface area contributed by atoms with Gasteiger partial charge < -0.3 is 9.80 Å². The molecule has 0 aliphatic carbocycles. The van der Waals surface area contributed by atoms with Gasteiger partial charge in [-0.25, -0.2) is 18.4 Å². The van der Waals surface area contributed by atoms with Crippen LogP contribution in [0.4, 0.5) is 0 Å². The summed E-state index contributed by atoms with van der Waals surface area (Å²) in [6.45, 7) is 1.47. The lowest BCUT2D eigenvalue weighted by atomic mass is 9.92. The monoisotopic (exact) mass is 443 g/mol. The zero-order chi connectivity index (χ0) is 22.2. The minimum absolute atomic E-state index is 0.000325. The maximum Gasteiger partial charge on any atom is 0.227 e. The molecule has 2 saturated heterocycles. The second kappa shape index (κ2) is 8.33. The second-order valence-corrected chi connectivity index (χ2v) is 10.2. The summed E-state index contributed by atoms with van der Waals surface area (Å²) in [6, 6.07) is 3.56. The smallest absolute Gasteiger partial charge is 0.227 e. The van der Waals surface area contributed by atoms with Crippen LogP contribution in [0.25, 0.3) is 11.4 Å². The SMILES string of the molecule is CN1C[C@H](C(=O)N2CCC(c3nc(-c4ccncc4)ncc3S(C)(=O)=O)CC2)CC1=O. The van der Waals surface area contributed by atoms with Crippen LogP contribution in [0, 0.1) is 5.92 Å². The number of nitrogens with zero attached hydrogens (tertiary/aromatic N) is 5. The van der Waals surface area contributed by atoms with Crippen molar-refractivity contribution in [2.24, 2.45) is 5.92 Å². The molecule has 0 saturated carbocycles. The standard InChI is InChI=1S/C21H25N5O4S/c1-25-13-16(11-18(25)27)21(28)26-9-5-14(6-10-26)19-17(31(2,29)30)12-23-20(24-19)15-3-7-22-8-4-15/h3-4,7-8,12,14,16H,5-6,9-11,13H2,1-2H3/t16-/m1/s1. The number of pyridine rings is 1. The third-order valence-corrected chi connectivity index (χ3v) is 7.12. The van der Waals surface area contributed by atoms with Gasteiger partial charge in [0.05, 0.1) is 11.6 Å². The predicted molar refractivity (Wildman–Crippen MR) is 113 cm³/mol. The molecule has 0 radical (unpaired) electrons. The van der Waals surface area contributed by atoms with Crippen LogP contribution in [0.1, 0.15) is 30.9 Å². The summed E-state index contributed by atoms with van der Waals surface area (Å²) < 4.78 is 24.7. The van der Waals surface area contributed by atoms with Crippen LogP contribution in [0.5, 0.6) is 0 Å². The third kappa shape index (κ3) is 4.43. The average molecular weight is 444 g/mol. The molecule has 0 N–H and O–H groups in total. The molecule has 1 atom stereocenters. The topological polar surface area (TPSA) is 113 Å². The largest absolute Gasteiger partial charge is 0.345 e. The number of carbonyl (C=O) groups excluding carboxylic acids is 2. The van der Waals surface area contributed by atoms with E-state index < -0.39 is 9.84 Å². The van der Waals surface area contributed by atoms with E-state index in [9.17, 15) is 18.0 Å². The normalized spacial score (nSPS) is 20.3. The molecule has 164 valence electrons. The van der Waals surface area contributed by atoms with Crippen molar-refractivity contribution >= 4 is 21.7 Å². The van der Waals surface area contributed by atoms with Gasteiger partial charge in [0.15, 0.2) is 15.7 Å². The van der Waals surface area contributed by atoms with Gasteiger partial charge in [-0.2, -0.15) is 0 Å². The van der Waals surface area contributed by atoms with Gasteiger partial charge in [-0.3, -0.25) is 14.6 Å². The first kappa shape index (κ1) is 21.4. The maximum atomic E-state index is 12.8. The van der Waals surface area contributed by atoms with Gasteiger partial charge in [-0.15, -0.1) is 0 Å². The van der Waals surface area contributed by atoms with E-state index in [1.54, 1.807) is 41.4 Å². The maximum absolute atomic E-state index is 12.8. The van der Waals surface area contributed by atoms with E-state index >= 15 is 0 Å². The van der Waals surface area contributed by atoms with Crippen LogP contribution in [0.3, 0.4) is 0 Å². The van der Waals surface area contributed by atoms with E-state index in [1.807, 2.05) is 0 Å². The van der Waals surface area contributed by atoms with E-state index in [-0.39, 0.29) is 35.0 Å². The molecule has 2 fully saturated rings. The molecule has 2 aromatic rings. The summed E-state index contributed by atoms with van der Waals surface area (Å²) >= 11 is 0. The summed E-state index contributed by atoms with van der Waals surface area (Å²) in [5.41, 5.74) is 1.27. The molecule has 9 nitrogen and oxygen atoms in total. The number of sulfone groups is 1. The van der Waals surface area contributed by atoms with Crippen LogP contribution in [0.2, 0.25) is 0 Å². The fourth-order valence-corrected chi connectivity index (χ4v) is 5.10. The van der Waals surface area contributed by atoms with Crippen LogP contribution in [-0.2, 0) is 19.4 Å². The second-order valence-electron chi connectivity index (χ2n) is 8.23. The lowest BCUT2D eigenvalue weighted by Crippen LogP contribution is -2.42. The first-order chi connectivity index (χ1) is 14.7. The number of aromatic nitrogens is 3. The molecule has 2 aliphatic heterocycles. The van der Waals surface area contributed by atoms with Gasteiger partial charge in [0.25, 0.3) is 0 Å². The number of carbonyl (C=O) groups is 2. The average Bonchev–Trinajstić information content (AvgIpc) is 3.11. The Morgan fingerprint density at radius 1 is 1.16 bits per heavy atom. The Balaban J connectivity index is 1.54. The fraction of sp³-hybridized carbons (Fsp3) is 0.476. The molecule has 2 aromatic heterocycles. The van der Waals surface area contributed by atoms with E-state index in [0.29, 0.717) is 44.0 Å². The lowest BCUT2D eigenvalue weighted by Gasteiger charge is -2.33. The summed E-state index contributed by atoms with van der Waals surface area (Å²) in [7, 11) is -1.79. The Morgan fingerprint density at radius 3 is 2.42 bits per heavy atom.